The quantitative estimate of drug-likeness (QED) is 0.834. The van der Waals surface area contributed by atoms with Crippen molar-refractivity contribution in [2.24, 2.45) is 0 Å². The van der Waals surface area contributed by atoms with Gasteiger partial charge in [-0.1, -0.05) is 0 Å². The molecule has 1 aliphatic rings. The van der Waals surface area contributed by atoms with E-state index in [9.17, 15) is 12.8 Å². The molecule has 1 unspecified atom stereocenters. The van der Waals surface area contributed by atoms with Crippen LogP contribution < -0.4 is 13.8 Å². The lowest BCUT2D eigenvalue weighted by molar-refractivity contribution is 0.354. The number of benzene rings is 2. The topological polar surface area (TPSA) is 55.8 Å². The van der Waals surface area contributed by atoms with E-state index >= 15 is 0 Å². The van der Waals surface area contributed by atoms with Crippen molar-refractivity contribution in [3.05, 3.63) is 47.8 Å². The van der Waals surface area contributed by atoms with Gasteiger partial charge in [-0.05, 0) is 55.7 Å². The van der Waals surface area contributed by atoms with E-state index in [2.05, 4.69) is 0 Å². The third-order valence-corrected chi connectivity index (χ3v) is 6.35. The van der Waals surface area contributed by atoms with Crippen LogP contribution in [0, 0.1) is 5.82 Å². The number of methoxy groups -OCH3 is 2. The van der Waals surface area contributed by atoms with Gasteiger partial charge in [-0.3, -0.25) is 4.31 Å². The monoisotopic (exact) mass is 365 g/mol. The van der Waals surface area contributed by atoms with Gasteiger partial charge >= 0.3 is 0 Å². The minimum Gasteiger partial charge on any atom is -0.493 e. The van der Waals surface area contributed by atoms with E-state index in [0.29, 0.717) is 35.6 Å². The first-order chi connectivity index (χ1) is 11.9. The maximum atomic E-state index is 13.5. The number of halogens is 1. The fraction of sp³-hybridized carbons (Fsp3) is 0.333. The molecule has 1 aliphatic heterocycles. The Morgan fingerprint density at radius 1 is 1.08 bits per heavy atom. The molecule has 0 N–H and O–H groups in total. The van der Waals surface area contributed by atoms with Gasteiger partial charge in [0.25, 0.3) is 10.0 Å². The molecule has 7 heteroatoms. The van der Waals surface area contributed by atoms with Crippen LogP contribution in [0.4, 0.5) is 10.1 Å². The van der Waals surface area contributed by atoms with Crippen molar-refractivity contribution >= 4 is 15.7 Å². The van der Waals surface area contributed by atoms with Gasteiger partial charge in [-0.25, -0.2) is 12.8 Å². The molecule has 0 fully saturated rings. The highest BCUT2D eigenvalue weighted by molar-refractivity contribution is 7.92. The molecule has 0 saturated carbocycles. The number of anilines is 1. The Morgan fingerprint density at radius 3 is 2.48 bits per heavy atom. The highest BCUT2D eigenvalue weighted by Crippen LogP contribution is 2.37. The van der Waals surface area contributed by atoms with Gasteiger partial charge in [0.2, 0.25) is 0 Å². The Kier molecular flexibility index (Phi) is 4.60. The van der Waals surface area contributed by atoms with E-state index in [0.717, 1.165) is 0 Å². The van der Waals surface area contributed by atoms with Gasteiger partial charge < -0.3 is 9.47 Å². The van der Waals surface area contributed by atoms with Crippen molar-refractivity contribution < 1.29 is 22.3 Å². The number of hydrogen-bond donors (Lipinski definition) is 0. The largest absolute Gasteiger partial charge is 0.493 e. The van der Waals surface area contributed by atoms with Crippen molar-refractivity contribution in [2.75, 3.05) is 18.5 Å². The molecule has 2 aromatic rings. The van der Waals surface area contributed by atoms with Crippen LogP contribution in [0.25, 0.3) is 0 Å². The second kappa shape index (κ2) is 6.55. The maximum Gasteiger partial charge on any atom is 0.264 e. The smallest absolute Gasteiger partial charge is 0.264 e. The number of fused-ring (bicyclic) bond motifs is 1. The number of nitrogens with zero attached hydrogens (tertiary/aromatic N) is 1. The third-order valence-electron chi connectivity index (χ3n) is 4.42. The summed E-state index contributed by atoms with van der Waals surface area (Å²) in [6.45, 7) is 1.85. The fourth-order valence-corrected chi connectivity index (χ4v) is 4.88. The first kappa shape index (κ1) is 17.5. The summed E-state index contributed by atoms with van der Waals surface area (Å²) in [6.07, 6.45) is 1.27. The van der Waals surface area contributed by atoms with Crippen molar-refractivity contribution in [3.8, 4) is 11.5 Å². The average Bonchev–Trinajstić information content (AvgIpc) is 2.60. The highest BCUT2D eigenvalue weighted by atomic mass is 32.2. The molecule has 25 heavy (non-hydrogen) atoms. The molecular weight excluding hydrogens is 345 g/mol. The molecule has 1 atom stereocenters. The predicted octanol–water partition coefficient (Wildman–Crippen LogP) is 3.37. The summed E-state index contributed by atoms with van der Waals surface area (Å²) in [4.78, 5) is 0.106. The van der Waals surface area contributed by atoms with Crippen LogP contribution >= 0.6 is 0 Å². The van der Waals surface area contributed by atoms with E-state index < -0.39 is 10.0 Å². The van der Waals surface area contributed by atoms with Gasteiger partial charge in [0.1, 0.15) is 5.82 Å². The van der Waals surface area contributed by atoms with E-state index in [1.807, 2.05) is 6.92 Å². The number of rotatable bonds is 4. The Labute approximate surface area is 147 Å². The Balaban J connectivity index is 2.12. The lowest BCUT2D eigenvalue weighted by Gasteiger charge is -2.36. The van der Waals surface area contributed by atoms with Crippen molar-refractivity contribution in [1.82, 2.24) is 0 Å². The van der Waals surface area contributed by atoms with Gasteiger partial charge in [0.15, 0.2) is 11.5 Å². The van der Waals surface area contributed by atoms with Crippen LogP contribution in [0.5, 0.6) is 11.5 Å². The summed E-state index contributed by atoms with van der Waals surface area (Å²) in [5, 5.41) is 0. The summed E-state index contributed by atoms with van der Waals surface area (Å²) >= 11 is 0. The van der Waals surface area contributed by atoms with Crippen LogP contribution in [-0.4, -0.2) is 28.7 Å². The molecule has 2 aromatic carbocycles. The van der Waals surface area contributed by atoms with Gasteiger partial charge in [0, 0.05) is 12.1 Å². The van der Waals surface area contributed by atoms with Gasteiger partial charge in [0.05, 0.1) is 24.8 Å². The molecule has 0 radical (unpaired) electrons. The third kappa shape index (κ3) is 3.04. The Hall–Kier alpha value is -2.28. The summed E-state index contributed by atoms with van der Waals surface area (Å²) in [5.41, 5.74) is 1.22. The molecule has 0 aromatic heterocycles. The number of hydrogen-bond acceptors (Lipinski definition) is 4. The first-order valence-corrected chi connectivity index (χ1v) is 9.37. The molecule has 5 nitrogen and oxygen atoms in total. The van der Waals surface area contributed by atoms with Gasteiger partial charge in [-0.15, -0.1) is 0 Å². The second-order valence-corrected chi connectivity index (χ2v) is 7.79. The lowest BCUT2D eigenvalue weighted by Crippen LogP contribution is -2.42. The van der Waals surface area contributed by atoms with E-state index in [-0.39, 0.29) is 16.8 Å². The second-order valence-electron chi connectivity index (χ2n) is 5.98. The van der Waals surface area contributed by atoms with E-state index in [4.69, 9.17) is 9.47 Å². The minimum absolute atomic E-state index is 0.106. The molecule has 0 aliphatic carbocycles. The molecular formula is C18H20FNO4S. The maximum absolute atomic E-state index is 13.5. The Morgan fingerprint density at radius 2 is 1.80 bits per heavy atom. The molecule has 0 spiro atoms. The summed E-state index contributed by atoms with van der Waals surface area (Å²) < 4.78 is 51.8. The number of sulfonamides is 1. The zero-order chi connectivity index (χ0) is 18.2. The standard InChI is InChI=1S/C18H20FNO4S/c1-12-4-5-13-10-14(19)6-8-16(13)20(12)25(21,22)15-7-9-17(23-2)18(11-15)24-3/h6-12H,4-5H2,1-3H3. The molecule has 3 rings (SSSR count). The highest BCUT2D eigenvalue weighted by Gasteiger charge is 2.34. The molecule has 0 amide bonds. The van der Waals surface area contributed by atoms with Crippen LogP contribution in [0.15, 0.2) is 41.3 Å². The van der Waals surface area contributed by atoms with Crippen LogP contribution in [0.3, 0.4) is 0 Å². The summed E-state index contributed by atoms with van der Waals surface area (Å²) in [7, 11) is -0.876. The fourth-order valence-electron chi connectivity index (χ4n) is 3.15. The van der Waals surface area contributed by atoms with Crippen LogP contribution in [0.2, 0.25) is 0 Å². The summed E-state index contributed by atoms with van der Waals surface area (Å²) in [5.74, 6) is 0.431. The normalized spacial score (nSPS) is 17.1. The van der Waals surface area contributed by atoms with Crippen molar-refractivity contribution in [2.45, 2.75) is 30.7 Å². The van der Waals surface area contributed by atoms with Gasteiger partial charge in [-0.2, -0.15) is 0 Å². The molecule has 0 saturated heterocycles. The summed E-state index contributed by atoms with van der Waals surface area (Å²) in [6, 6.07) is 8.48. The zero-order valence-electron chi connectivity index (χ0n) is 14.3. The SMILES string of the molecule is COc1ccc(S(=O)(=O)N2c3ccc(F)cc3CCC2C)cc1OC. The molecule has 134 valence electrons. The lowest BCUT2D eigenvalue weighted by atomic mass is 9.99. The van der Waals surface area contributed by atoms with Crippen molar-refractivity contribution in [3.63, 3.8) is 0 Å². The Bertz CT molecular complexity index is 898. The predicted molar refractivity (Wildman–Crippen MR) is 93.4 cm³/mol. The zero-order valence-corrected chi connectivity index (χ0v) is 15.1. The van der Waals surface area contributed by atoms with E-state index in [1.165, 1.54) is 48.9 Å². The first-order valence-electron chi connectivity index (χ1n) is 7.93. The minimum atomic E-state index is -3.82. The molecule has 0 bridgehead atoms. The van der Waals surface area contributed by atoms with Crippen molar-refractivity contribution in [1.29, 1.82) is 0 Å². The molecule has 1 heterocycles. The number of ether oxygens (including phenoxy) is 2. The van der Waals surface area contributed by atoms with Crippen LogP contribution in [-0.2, 0) is 16.4 Å². The number of aryl methyl sites for hydroxylation is 1. The average molecular weight is 365 g/mol. The van der Waals surface area contributed by atoms with E-state index in [1.54, 1.807) is 6.07 Å². The van der Waals surface area contributed by atoms with Crippen LogP contribution in [0.1, 0.15) is 18.9 Å².